The zero-order valence-electron chi connectivity index (χ0n) is 23.1. The Morgan fingerprint density at radius 1 is 1.03 bits per heavy atom. The van der Waals surface area contributed by atoms with E-state index in [9.17, 15) is 9.18 Å². The van der Waals surface area contributed by atoms with Crippen LogP contribution in [0.4, 0.5) is 10.2 Å². The fraction of sp³-hybridized carbons (Fsp3) is 0.467. The predicted octanol–water partition coefficient (Wildman–Crippen LogP) is 4.92. The molecular formula is C30H40FN5O2. The van der Waals surface area contributed by atoms with Gasteiger partial charge in [0.2, 0.25) is 0 Å². The maximum atomic E-state index is 13.8. The highest BCUT2D eigenvalue weighted by atomic mass is 19.1. The minimum absolute atomic E-state index is 0.0139. The summed E-state index contributed by atoms with van der Waals surface area (Å²) in [6.07, 6.45) is 1.57. The quantitative estimate of drug-likeness (QED) is 0.359. The summed E-state index contributed by atoms with van der Waals surface area (Å²) < 4.78 is 21.5. The summed E-state index contributed by atoms with van der Waals surface area (Å²) in [5.74, 6) is 1.35. The smallest absolute Gasteiger partial charge is 0.260 e. The van der Waals surface area contributed by atoms with Gasteiger partial charge in [0.25, 0.3) is 5.91 Å². The highest BCUT2D eigenvalue weighted by molar-refractivity contribution is 5.78. The highest BCUT2D eigenvalue weighted by Gasteiger charge is 2.29. The Kier molecular flexibility index (Phi) is 9.39. The van der Waals surface area contributed by atoms with Crippen LogP contribution in [0.2, 0.25) is 0 Å². The normalized spacial score (nSPS) is 14.2. The number of ether oxygens (including phenoxy) is 1. The molecule has 204 valence electrons. The Hall–Kier alpha value is -3.39. The van der Waals surface area contributed by atoms with Gasteiger partial charge in [0.05, 0.1) is 17.9 Å². The SMILES string of the molecule is CCCN(Cc1c(CC)nn(-c2ccc(F)cc2)c1N1CCN(C(C)C)CC1)C(=O)COc1ccccc1. The fourth-order valence-corrected chi connectivity index (χ4v) is 4.97. The molecule has 0 N–H and O–H groups in total. The molecule has 0 atom stereocenters. The van der Waals surface area contributed by atoms with E-state index in [2.05, 4.69) is 37.5 Å². The molecule has 8 heteroatoms. The first-order valence-electron chi connectivity index (χ1n) is 13.7. The number of amides is 1. The number of hydrogen-bond donors (Lipinski definition) is 0. The molecule has 3 aromatic rings. The lowest BCUT2D eigenvalue weighted by Gasteiger charge is -2.38. The fourth-order valence-electron chi connectivity index (χ4n) is 4.97. The summed E-state index contributed by atoms with van der Waals surface area (Å²) in [5.41, 5.74) is 2.82. The maximum absolute atomic E-state index is 13.8. The van der Waals surface area contributed by atoms with Gasteiger partial charge in [-0.05, 0) is 63.1 Å². The zero-order valence-corrected chi connectivity index (χ0v) is 23.1. The number of benzene rings is 2. The number of para-hydroxylation sites is 1. The largest absolute Gasteiger partial charge is 0.484 e. The van der Waals surface area contributed by atoms with Crippen LogP contribution in [-0.2, 0) is 17.8 Å². The van der Waals surface area contributed by atoms with E-state index >= 15 is 0 Å². The summed E-state index contributed by atoms with van der Waals surface area (Å²) in [4.78, 5) is 20.1. The van der Waals surface area contributed by atoms with Crippen molar-refractivity contribution < 1.29 is 13.9 Å². The Bertz CT molecular complexity index is 1170. The molecule has 0 unspecified atom stereocenters. The molecule has 7 nitrogen and oxygen atoms in total. The summed E-state index contributed by atoms with van der Waals surface area (Å²) in [6.45, 7) is 13.3. The molecule has 2 aromatic carbocycles. The van der Waals surface area contributed by atoms with E-state index in [0.29, 0.717) is 24.9 Å². The minimum Gasteiger partial charge on any atom is -0.484 e. The van der Waals surface area contributed by atoms with Crippen molar-refractivity contribution in [2.24, 2.45) is 0 Å². The van der Waals surface area contributed by atoms with E-state index < -0.39 is 0 Å². The first kappa shape index (κ1) is 27.6. The zero-order chi connectivity index (χ0) is 27.1. The van der Waals surface area contributed by atoms with Gasteiger partial charge in [-0.1, -0.05) is 32.0 Å². The van der Waals surface area contributed by atoms with Crippen molar-refractivity contribution in [2.45, 2.75) is 53.1 Å². The molecule has 1 aliphatic rings. The first-order chi connectivity index (χ1) is 18.4. The molecule has 0 radical (unpaired) electrons. The Labute approximate surface area is 225 Å². The number of carbonyl (C=O) groups is 1. The summed E-state index contributed by atoms with van der Waals surface area (Å²) >= 11 is 0. The van der Waals surface area contributed by atoms with Crippen LogP contribution < -0.4 is 9.64 Å². The Morgan fingerprint density at radius 3 is 2.32 bits per heavy atom. The number of anilines is 1. The van der Waals surface area contributed by atoms with Crippen LogP contribution in [0, 0.1) is 5.82 Å². The number of rotatable bonds is 11. The van der Waals surface area contributed by atoms with E-state index in [4.69, 9.17) is 9.84 Å². The lowest BCUT2D eigenvalue weighted by molar-refractivity contribution is -0.134. The third-order valence-corrected chi connectivity index (χ3v) is 7.09. The standard InChI is InChI=1S/C30H40FN5O2/c1-5-16-35(29(37)22-38-26-10-8-7-9-11-26)21-27-28(6-2)32-36(25-14-12-24(31)13-15-25)30(27)34-19-17-33(18-20-34)23(3)4/h7-15,23H,5-6,16-22H2,1-4H3. The molecular weight excluding hydrogens is 481 g/mol. The number of aryl methyl sites for hydroxylation is 1. The van der Waals surface area contributed by atoms with E-state index in [1.54, 1.807) is 12.1 Å². The Morgan fingerprint density at radius 2 is 1.71 bits per heavy atom. The number of aromatic nitrogens is 2. The van der Waals surface area contributed by atoms with Crippen LogP contribution in [0.1, 0.15) is 45.4 Å². The van der Waals surface area contributed by atoms with Crippen molar-refractivity contribution in [2.75, 3.05) is 44.2 Å². The van der Waals surface area contributed by atoms with Crippen LogP contribution in [-0.4, -0.2) is 70.9 Å². The van der Waals surface area contributed by atoms with E-state index in [1.807, 2.05) is 39.9 Å². The summed E-state index contributed by atoms with van der Waals surface area (Å²) in [6, 6.07) is 16.4. The second-order valence-corrected chi connectivity index (χ2v) is 10.0. The number of nitrogens with zero attached hydrogens (tertiary/aromatic N) is 5. The molecule has 2 heterocycles. The van der Waals surface area contributed by atoms with E-state index in [1.165, 1.54) is 12.1 Å². The van der Waals surface area contributed by atoms with Gasteiger partial charge in [0.15, 0.2) is 6.61 Å². The molecule has 0 saturated carbocycles. The van der Waals surface area contributed by atoms with Crippen LogP contribution in [0.25, 0.3) is 5.69 Å². The minimum atomic E-state index is -0.276. The van der Waals surface area contributed by atoms with Gasteiger partial charge in [-0.2, -0.15) is 5.10 Å². The highest BCUT2D eigenvalue weighted by Crippen LogP contribution is 2.31. The lowest BCUT2D eigenvalue weighted by atomic mass is 10.1. The van der Waals surface area contributed by atoms with Crippen molar-refractivity contribution in [1.29, 1.82) is 0 Å². The molecule has 1 amide bonds. The van der Waals surface area contributed by atoms with Gasteiger partial charge in [-0.15, -0.1) is 0 Å². The van der Waals surface area contributed by atoms with E-state index in [0.717, 1.165) is 61.8 Å². The van der Waals surface area contributed by atoms with Crippen molar-refractivity contribution in [3.05, 3.63) is 71.7 Å². The van der Waals surface area contributed by atoms with Crippen LogP contribution in [0.3, 0.4) is 0 Å². The summed E-state index contributed by atoms with van der Waals surface area (Å²) in [7, 11) is 0. The second kappa shape index (κ2) is 12.9. The van der Waals surface area contributed by atoms with Crippen molar-refractivity contribution in [3.63, 3.8) is 0 Å². The third kappa shape index (κ3) is 6.54. The van der Waals surface area contributed by atoms with Crippen molar-refractivity contribution >= 4 is 11.7 Å². The average Bonchev–Trinajstić information content (AvgIpc) is 3.30. The third-order valence-electron chi connectivity index (χ3n) is 7.09. The first-order valence-corrected chi connectivity index (χ1v) is 13.7. The van der Waals surface area contributed by atoms with Crippen LogP contribution in [0.5, 0.6) is 5.75 Å². The topological polar surface area (TPSA) is 53.8 Å². The molecule has 1 saturated heterocycles. The van der Waals surface area contributed by atoms with Gasteiger partial charge in [-0.25, -0.2) is 9.07 Å². The Balaban J connectivity index is 1.66. The van der Waals surface area contributed by atoms with E-state index in [-0.39, 0.29) is 18.3 Å². The van der Waals surface area contributed by atoms with Crippen molar-refractivity contribution in [3.8, 4) is 11.4 Å². The van der Waals surface area contributed by atoms with Gasteiger partial charge >= 0.3 is 0 Å². The van der Waals surface area contributed by atoms with Crippen molar-refractivity contribution in [1.82, 2.24) is 19.6 Å². The average molecular weight is 522 g/mol. The number of halogens is 1. The molecule has 1 aliphatic heterocycles. The molecule has 4 rings (SSSR count). The molecule has 1 fully saturated rings. The second-order valence-electron chi connectivity index (χ2n) is 10.0. The monoisotopic (exact) mass is 521 g/mol. The van der Waals surface area contributed by atoms with Gasteiger partial charge in [0.1, 0.15) is 17.4 Å². The van der Waals surface area contributed by atoms with Crippen LogP contribution in [0.15, 0.2) is 54.6 Å². The predicted molar refractivity (Wildman–Crippen MR) is 149 cm³/mol. The van der Waals surface area contributed by atoms with Crippen LogP contribution >= 0.6 is 0 Å². The number of carbonyl (C=O) groups excluding carboxylic acids is 1. The number of hydrogen-bond acceptors (Lipinski definition) is 5. The molecule has 38 heavy (non-hydrogen) atoms. The molecule has 0 aliphatic carbocycles. The number of piperazine rings is 1. The lowest BCUT2D eigenvalue weighted by Crippen LogP contribution is -2.49. The van der Waals surface area contributed by atoms with Gasteiger partial charge in [0, 0.05) is 44.3 Å². The van der Waals surface area contributed by atoms with Gasteiger partial charge in [-0.3, -0.25) is 9.69 Å². The maximum Gasteiger partial charge on any atom is 0.260 e. The molecule has 1 aromatic heterocycles. The molecule has 0 spiro atoms. The summed E-state index contributed by atoms with van der Waals surface area (Å²) in [5, 5.41) is 4.99. The van der Waals surface area contributed by atoms with Gasteiger partial charge < -0.3 is 14.5 Å². The molecule has 0 bridgehead atoms.